The Morgan fingerprint density at radius 3 is 2.42 bits per heavy atom. The van der Waals surface area contributed by atoms with Crippen molar-refractivity contribution in [2.45, 2.75) is 26.9 Å². The van der Waals surface area contributed by atoms with Crippen molar-refractivity contribution in [2.24, 2.45) is 0 Å². The molecule has 0 saturated heterocycles. The van der Waals surface area contributed by atoms with Gasteiger partial charge in [-0.1, -0.05) is 0 Å². The van der Waals surface area contributed by atoms with Crippen molar-refractivity contribution in [3.05, 3.63) is 46.0 Å². The number of benzene rings is 1. The van der Waals surface area contributed by atoms with Crippen molar-refractivity contribution in [1.29, 1.82) is 0 Å². The number of rotatable bonds is 5. The molecule has 4 heteroatoms. The minimum absolute atomic E-state index is 0.130. The van der Waals surface area contributed by atoms with Crippen LogP contribution in [0.1, 0.15) is 35.6 Å². The molecule has 2 rings (SSSR count). The third-order valence-corrected chi connectivity index (χ3v) is 5.88. The Labute approximate surface area is 120 Å². The molecular formula is C15H20N2OSe. The van der Waals surface area contributed by atoms with Gasteiger partial charge in [0.05, 0.1) is 0 Å². The summed E-state index contributed by atoms with van der Waals surface area (Å²) in [6.07, 6.45) is -0.516. The van der Waals surface area contributed by atoms with Gasteiger partial charge < -0.3 is 0 Å². The fourth-order valence-electron chi connectivity index (χ4n) is 2.06. The monoisotopic (exact) mass is 324 g/mol. The van der Waals surface area contributed by atoms with E-state index in [0.29, 0.717) is 0 Å². The summed E-state index contributed by atoms with van der Waals surface area (Å²) < 4.78 is 2.22. The third kappa shape index (κ3) is 3.08. The number of aromatic nitrogens is 1. The molecule has 1 atom stereocenters. The average molecular weight is 323 g/mol. The molecule has 0 aliphatic carbocycles. The molecule has 102 valence electrons. The van der Waals surface area contributed by atoms with Crippen LogP contribution in [0.3, 0.4) is 0 Å². The molecule has 1 unspecified atom stereocenters. The fourth-order valence-corrected chi connectivity index (χ4v) is 4.60. The van der Waals surface area contributed by atoms with Gasteiger partial charge in [0, 0.05) is 0 Å². The van der Waals surface area contributed by atoms with E-state index < -0.39 is 6.10 Å². The van der Waals surface area contributed by atoms with E-state index in [9.17, 15) is 5.11 Å². The van der Waals surface area contributed by atoms with Gasteiger partial charge in [0.1, 0.15) is 0 Å². The Hall–Kier alpha value is -1.09. The van der Waals surface area contributed by atoms with Crippen LogP contribution >= 0.6 is 0 Å². The van der Waals surface area contributed by atoms with Crippen LogP contribution in [0.25, 0.3) is 0 Å². The van der Waals surface area contributed by atoms with E-state index in [1.54, 1.807) is 0 Å². The molecule has 1 aromatic carbocycles. The van der Waals surface area contributed by atoms with Crippen LogP contribution in [0.5, 0.6) is 0 Å². The molecule has 3 nitrogen and oxygen atoms in total. The van der Waals surface area contributed by atoms with Gasteiger partial charge in [-0.3, -0.25) is 0 Å². The van der Waals surface area contributed by atoms with Crippen LogP contribution in [0.2, 0.25) is 0 Å². The number of aryl methyl sites for hydroxylation is 1. The number of aliphatic hydroxyl groups excluding tert-OH is 1. The van der Waals surface area contributed by atoms with Crippen LogP contribution in [-0.4, -0.2) is 37.7 Å². The molecule has 0 saturated carbocycles. The summed E-state index contributed by atoms with van der Waals surface area (Å²) in [6, 6.07) is 9.83. The quantitative estimate of drug-likeness (QED) is 0.858. The first-order valence-corrected chi connectivity index (χ1v) is 8.34. The second kappa shape index (κ2) is 6.38. The van der Waals surface area contributed by atoms with Crippen LogP contribution in [0, 0.1) is 6.92 Å². The zero-order valence-electron chi connectivity index (χ0n) is 11.6. The summed E-state index contributed by atoms with van der Waals surface area (Å²) in [4.78, 5) is 6.92. The first-order valence-electron chi connectivity index (χ1n) is 6.62. The van der Waals surface area contributed by atoms with Crippen molar-refractivity contribution in [3.8, 4) is 0 Å². The first kappa shape index (κ1) is 14.3. The second-order valence-electron chi connectivity index (χ2n) is 4.43. The molecule has 0 spiro atoms. The fraction of sp³-hybridized carbons (Fsp3) is 0.400. The Balaban J connectivity index is 2.30. The predicted octanol–water partition coefficient (Wildman–Crippen LogP) is 2.37. The Kier molecular flexibility index (Phi) is 4.81. The summed E-state index contributed by atoms with van der Waals surface area (Å²) in [6.45, 7) is 8.23. The van der Waals surface area contributed by atoms with Gasteiger partial charge in [0.15, 0.2) is 0 Å². The first-order chi connectivity index (χ1) is 9.17. The van der Waals surface area contributed by atoms with Crippen molar-refractivity contribution in [1.82, 2.24) is 4.98 Å². The summed E-state index contributed by atoms with van der Waals surface area (Å²) in [5, 5.41) is 10.5. The average Bonchev–Trinajstić information content (AvgIpc) is 2.82. The van der Waals surface area contributed by atoms with Crippen LogP contribution in [0.4, 0.5) is 4.69 Å². The van der Waals surface area contributed by atoms with Gasteiger partial charge in [0.25, 0.3) is 0 Å². The molecule has 0 aliphatic heterocycles. The van der Waals surface area contributed by atoms with Gasteiger partial charge in [-0.15, -0.1) is 0 Å². The second-order valence-corrected chi connectivity index (χ2v) is 6.55. The standard InChI is InChI=1S/C15H20N2OSe/c1-4-17(5-2)15-16-11(3)14(19-15)13(18)12-9-7-6-8-10-12/h6-10,13,18H,4-5H2,1-3H3. The van der Waals surface area contributed by atoms with E-state index in [2.05, 4.69) is 23.7 Å². The topological polar surface area (TPSA) is 36.4 Å². The number of hydrogen-bond acceptors (Lipinski definition) is 3. The van der Waals surface area contributed by atoms with Crippen molar-refractivity contribution in [2.75, 3.05) is 18.0 Å². The molecule has 0 aliphatic rings. The molecular weight excluding hydrogens is 303 g/mol. The van der Waals surface area contributed by atoms with E-state index in [1.165, 1.54) is 0 Å². The zero-order valence-corrected chi connectivity index (χ0v) is 13.3. The molecule has 19 heavy (non-hydrogen) atoms. The molecule has 1 heterocycles. The van der Waals surface area contributed by atoms with Gasteiger partial charge in [-0.25, -0.2) is 0 Å². The maximum absolute atomic E-state index is 10.5. The maximum atomic E-state index is 10.5. The van der Waals surface area contributed by atoms with Gasteiger partial charge in [0.2, 0.25) is 0 Å². The van der Waals surface area contributed by atoms with E-state index >= 15 is 0 Å². The van der Waals surface area contributed by atoms with Crippen LogP contribution < -0.4 is 4.90 Å². The third-order valence-electron chi connectivity index (χ3n) is 3.22. The van der Waals surface area contributed by atoms with E-state index in [4.69, 9.17) is 0 Å². The normalized spacial score (nSPS) is 12.4. The van der Waals surface area contributed by atoms with Crippen LogP contribution in [-0.2, 0) is 0 Å². The number of aliphatic hydroxyl groups is 1. The number of hydrogen-bond donors (Lipinski definition) is 1. The predicted molar refractivity (Wildman–Crippen MR) is 80.0 cm³/mol. The van der Waals surface area contributed by atoms with E-state index in [0.717, 1.165) is 33.5 Å². The molecule has 1 N–H and O–H groups in total. The summed E-state index contributed by atoms with van der Waals surface area (Å²) >= 11 is 0.130. The van der Waals surface area contributed by atoms with Crippen molar-refractivity contribution < 1.29 is 5.11 Å². The molecule has 0 fully saturated rings. The zero-order chi connectivity index (χ0) is 13.8. The van der Waals surface area contributed by atoms with Crippen LogP contribution in [0.15, 0.2) is 30.3 Å². The van der Waals surface area contributed by atoms with E-state index in [1.807, 2.05) is 37.3 Å². The van der Waals surface area contributed by atoms with Gasteiger partial charge >= 0.3 is 120 Å². The van der Waals surface area contributed by atoms with E-state index in [-0.39, 0.29) is 14.5 Å². The summed E-state index contributed by atoms with van der Waals surface area (Å²) in [5.41, 5.74) is 1.94. The minimum atomic E-state index is -0.516. The Bertz CT molecular complexity index is 520. The summed E-state index contributed by atoms with van der Waals surface area (Å²) in [5.74, 6) is 0. The number of anilines is 1. The van der Waals surface area contributed by atoms with Crippen molar-refractivity contribution >= 4 is 19.2 Å². The molecule has 0 amide bonds. The SMILES string of the molecule is CCN(CC)c1nc(C)c(C(O)c2ccccc2)[se]1. The molecule has 0 bridgehead atoms. The van der Waals surface area contributed by atoms with Gasteiger partial charge in [-0.05, 0) is 0 Å². The van der Waals surface area contributed by atoms with Gasteiger partial charge in [-0.2, -0.15) is 0 Å². The molecule has 2 aromatic rings. The van der Waals surface area contributed by atoms with Crippen molar-refractivity contribution in [3.63, 3.8) is 0 Å². The molecule has 0 radical (unpaired) electrons. The number of nitrogens with zero attached hydrogens (tertiary/aromatic N) is 2. The summed E-state index contributed by atoms with van der Waals surface area (Å²) in [7, 11) is 0. The Morgan fingerprint density at radius 2 is 1.84 bits per heavy atom. The molecule has 1 aromatic heterocycles. The Morgan fingerprint density at radius 1 is 1.21 bits per heavy atom.